The number of nitrogens with one attached hydrogen (secondary N) is 1. The number of rotatable bonds is 9. The lowest BCUT2D eigenvalue weighted by atomic mass is 10.1. The van der Waals surface area contributed by atoms with Gasteiger partial charge in [-0.2, -0.15) is 0 Å². The van der Waals surface area contributed by atoms with Gasteiger partial charge in [0.2, 0.25) is 0 Å². The first kappa shape index (κ1) is 26.6. The minimum Gasteiger partial charge on any atom is -0.497 e. The second-order valence-electron chi connectivity index (χ2n) is 9.38. The molecule has 0 spiro atoms. The van der Waals surface area contributed by atoms with Crippen molar-refractivity contribution in [3.63, 3.8) is 0 Å². The van der Waals surface area contributed by atoms with Crippen molar-refractivity contribution in [3.05, 3.63) is 58.9 Å². The molecule has 2 aromatic carbocycles. The van der Waals surface area contributed by atoms with Crippen molar-refractivity contribution >= 4 is 20.7 Å². The van der Waals surface area contributed by atoms with E-state index in [-0.39, 0.29) is 16.3 Å². The first-order chi connectivity index (χ1) is 18.8. The molecule has 1 fully saturated rings. The molecule has 204 valence electrons. The van der Waals surface area contributed by atoms with Crippen LogP contribution in [0.3, 0.4) is 0 Å². The number of benzene rings is 2. The third-order valence-electron chi connectivity index (χ3n) is 6.72. The van der Waals surface area contributed by atoms with Crippen LogP contribution in [0.15, 0.2) is 58.2 Å². The number of sulfone groups is 1. The number of ether oxygens (including phenoxy) is 3. The van der Waals surface area contributed by atoms with Crippen LogP contribution in [0.5, 0.6) is 17.2 Å². The number of fused-ring (bicyclic) bond motifs is 1. The van der Waals surface area contributed by atoms with Crippen molar-refractivity contribution in [3.8, 4) is 40.0 Å². The molecule has 1 aliphatic heterocycles. The molecule has 5 rings (SSSR count). The number of nitrogens with zero attached hydrogens (tertiary/aromatic N) is 3. The van der Waals surface area contributed by atoms with Gasteiger partial charge in [0.05, 0.1) is 24.6 Å². The first-order valence-electron chi connectivity index (χ1n) is 12.6. The molecule has 1 N–H and O–H groups in total. The average molecular weight is 551 g/mol. The van der Waals surface area contributed by atoms with Gasteiger partial charge in [0.15, 0.2) is 15.7 Å². The monoisotopic (exact) mass is 550 g/mol. The van der Waals surface area contributed by atoms with Crippen LogP contribution in [-0.4, -0.2) is 75.0 Å². The normalized spacial score (nSPS) is 14.0. The molecule has 0 amide bonds. The fourth-order valence-corrected chi connectivity index (χ4v) is 5.29. The summed E-state index contributed by atoms with van der Waals surface area (Å²) in [4.78, 5) is 27.9. The van der Waals surface area contributed by atoms with Crippen LogP contribution in [0.1, 0.15) is 12.8 Å². The maximum Gasteiger partial charge on any atom is 0.262 e. The van der Waals surface area contributed by atoms with Crippen molar-refractivity contribution in [2.24, 2.45) is 0 Å². The van der Waals surface area contributed by atoms with Gasteiger partial charge in [-0.25, -0.2) is 18.4 Å². The molecular formula is C28H30N4O6S. The smallest absolute Gasteiger partial charge is 0.262 e. The maximum absolute atomic E-state index is 13.0. The molecular weight excluding hydrogens is 520 g/mol. The Morgan fingerprint density at radius 1 is 0.949 bits per heavy atom. The Balaban J connectivity index is 1.56. The van der Waals surface area contributed by atoms with Gasteiger partial charge in [0.1, 0.15) is 40.6 Å². The van der Waals surface area contributed by atoms with E-state index in [1.807, 2.05) is 0 Å². The molecule has 10 nitrogen and oxygen atoms in total. The fourth-order valence-electron chi connectivity index (χ4n) is 4.66. The summed E-state index contributed by atoms with van der Waals surface area (Å²) in [7, 11) is -0.344. The largest absolute Gasteiger partial charge is 0.497 e. The Morgan fingerprint density at radius 3 is 2.36 bits per heavy atom. The number of pyridine rings is 1. The summed E-state index contributed by atoms with van der Waals surface area (Å²) < 4.78 is 40.8. The van der Waals surface area contributed by atoms with E-state index in [0.29, 0.717) is 51.7 Å². The van der Waals surface area contributed by atoms with Crippen molar-refractivity contribution in [2.45, 2.75) is 17.7 Å². The highest BCUT2D eigenvalue weighted by atomic mass is 32.2. The lowest BCUT2D eigenvalue weighted by Gasteiger charge is -2.17. The predicted octanol–water partition coefficient (Wildman–Crippen LogP) is 3.55. The van der Waals surface area contributed by atoms with E-state index >= 15 is 0 Å². The zero-order chi connectivity index (χ0) is 27.6. The number of H-pyrrole nitrogens is 1. The van der Waals surface area contributed by atoms with Gasteiger partial charge >= 0.3 is 0 Å². The zero-order valence-corrected chi connectivity index (χ0v) is 22.9. The van der Waals surface area contributed by atoms with Crippen molar-refractivity contribution in [1.29, 1.82) is 0 Å². The quantitative estimate of drug-likeness (QED) is 0.333. The van der Waals surface area contributed by atoms with E-state index in [1.165, 1.54) is 33.3 Å². The zero-order valence-electron chi connectivity index (χ0n) is 22.1. The topological polar surface area (TPSA) is 124 Å². The number of hydrogen-bond donors (Lipinski definition) is 1. The van der Waals surface area contributed by atoms with Crippen molar-refractivity contribution in [1.82, 2.24) is 19.9 Å². The summed E-state index contributed by atoms with van der Waals surface area (Å²) in [6.45, 7) is 3.42. The van der Waals surface area contributed by atoms with Crippen LogP contribution in [-0.2, 0) is 9.84 Å². The molecule has 2 aromatic heterocycles. The van der Waals surface area contributed by atoms with E-state index in [0.717, 1.165) is 19.6 Å². The maximum atomic E-state index is 13.0. The van der Waals surface area contributed by atoms with E-state index in [9.17, 15) is 13.2 Å². The van der Waals surface area contributed by atoms with E-state index in [1.54, 1.807) is 48.5 Å². The molecule has 0 unspecified atom stereocenters. The highest BCUT2D eigenvalue weighted by Gasteiger charge is 2.18. The van der Waals surface area contributed by atoms with E-state index < -0.39 is 9.84 Å². The summed E-state index contributed by atoms with van der Waals surface area (Å²) in [5.41, 5.74) is 1.63. The molecule has 11 heteroatoms. The first-order valence-corrected chi connectivity index (χ1v) is 14.5. The fraction of sp³-hybridized carbons (Fsp3) is 0.321. The lowest BCUT2D eigenvalue weighted by Crippen LogP contribution is -2.25. The Labute approximate surface area is 226 Å². The van der Waals surface area contributed by atoms with Crippen LogP contribution in [0.2, 0.25) is 0 Å². The van der Waals surface area contributed by atoms with Crippen molar-refractivity contribution < 1.29 is 22.6 Å². The standard InChI is InChI=1S/C28H30N4O6S/c1-36-19-16-22-25(24(17-19)37-2)28(33)31-27(30-22)21-10-11-23(38-15-14-32-12-4-5-13-32)26(29-21)18-6-8-20(9-7-18)39(3,34)35/h6-11,16-17H,4-5,12-15H2,1-3H3,(H,30,31,33). The number of aromatic amines is 1. The third kappa shape index (κ3) is 5.74. The van der Waals surface area contributed by atoms with Crippen LogP contribution in [0, 0.1) is 0 Å². The van der Waals surface area contributed by atoms with Gasteiger partial charge in [-0.15, -0.1) is 0 Å². The summed E-state index contributed by atoms with van der Waals surface area (Å²) in [6, 6.07) is 13.3. The molecule has 0 atom stereocenters. The Hall–Kier alpha value is -3.96. The Kier molecular flexibility index (Phi) is 7.53. The SMILES string of the molecule is COc1cc(OC)c2c(=O)[nH]c(-c3ccc(OCCN4CCCC4)c(-c4ccc(S(C)(=O)=O)cc4)n3)nc2c1. The molecule has 0 bridgehead atoms. The summed E-state index contributed by atoms with van der Waals surface area (Å²) in [5, 5.41) is 0.306. The lowest BCUT2D eigenvalue weighted by molar-refractivity contribution is 0.238. The molecule has 1 aliphatic rings. The minimum atomic E-state index is -3.35. The third-order valence-corrected chi connectivity index (χ3v) is 7.85. The number of likely N-dealkylation sites (tertiary alicyclic amines) is 1. The summed E-state index contributed by atoms with van der Waals surface area (Å²) >= 11 is 0. The number of methoxy groups -OCH3 is 2. The van der Waals surface area contributed by atoms with Gasteiger partial charge in [-0.05, 0) is 50.2 Å². The number of aromatic nitrogens is 3. The Bertz CT molecular complexity index is 1660. The van der Waals surface area contributed by atoms with Crippen LogP contribution in [0.4, 0.5) is 0 Å². The molecule has 39 heavy (non-hydrogen) atoms. The van der Waals surface area contributed by atoms with E-state index in [2.05, 4.69) is 14.9 Å². The highest BCUT2D eigenvalue weighted by molar-refractivity contribution is 7.90. The molecule has 1 saturated heterocycles. The van der Waals surface area contributed by atoms with Gasteiger partial charge < -0.3 is 19.2 Å². The minimum absolute atomic E-state index is 0.210. The molecule has 0 radical (unpaired) electrons. The van der Waals surface area contributed by atoms with E-state index in [4.69, 9.17) is 19.2 Å². The van der Waals surface area contributed by atoms with Gasteiger partial charge in [0, 0.05) is 30.5 Å². The second-order valence-corrected chi connectivity index (χ2v) is 11.4. The van der Waals surface area contributed by atoms with Crippen LogP contribution >= 0.6 is 0 Å². The van der Waals surface area contributed by atoms with Gasteiger partial charge in [0.25, 0.3) is 5.56 Å². The van der Waals surface area contributed by atoms with Crippen LogP contribution in [0.25, 0.3) is 33.7 Å². The molecule has 0 aliphatic carbocycles. The molecule has 4 aromatic rings. The van der Waals surface area contributed by atoms with Gasteiger partial charge in [-0.3, -0.25) is 9.69 Å². The average Bonchev–Trinajstić information content (AvgIpc) is 3.45. The number of hydrogen-bond acceptors (Lipinski definition) is 9. The predicted molar refractivity (Wildman–Crippen MR) is 148 cm³/mol. The van der Waals surface area contributed by atoms with Crippen LogP contribution < -0.4 is 19.8 Å². The second kappa shape index (κ2) is 11.0. The Morgan fingerprint density at radius 2 is 1.69 bits per heavy atom. The molecule has 3 heterocycles. The van der Waals surface area contributed by atoms with Gasteiger partial charge in [-0.1, -0.05) is 12.1 Å². The highest BCUT2D eigenvalue weighted by Crippen LogP contribution is 2.33. The van der Waals surface area contributed by atoms with Crippen molar-refractivity contribution in [2.75, 3.05) is 46.7 Å². The molecule has 0 saturated carbocycles. The summed E-state index contributed by atoms with van der Waals surface area (Å²) in [5.74, 6) is 1.67. The summed E-state index contributed by atoms with van der Waals surface area (Å²) in [6.07, 6.45) is 3.56.